The fourth-order valence-corrected chi connectivity index (χ4v) is 1.86. The summed E-state index contributed by atoms with van der Waals surface area (Å²) < 4.78 is 5.26. The zero-order valence-corrected chi connectivity index (χ0v) is 13.1. The monoisotopic (exact) mass is 280 g/mol. The van der Waals surface area contributed by atoms with Crippen LogP contribution >= 0.6 is 0 Å². The number of ketones is 1. The Hall–Kier alpha value is -1.38. The van der Waals surface area contributed by atoms with Crippen molar-refractivity contribution in [3.05, 3.63) is 24.3 Å². The Morgan fingerprint density at radius 1 is 1.05 bits per heavy atom. The Bertz CT molecular complexity index is 329. The highest BCUT2D eigenvalue weighted by molar-refractivity contribution is 5.77. The molecule has 0 aromatic rings. The number of unbranched alkanes of at least 4 members (excludes halogenated alkanes) is 4. The first-order valence-corrected chi connectivity index (χ1v) is 7.56. The highest BCUT2D eigenvalue weighted by Gasteiger charge is 2.07. The topological polar surface area (TPSA) is 43.4 Å². The van der Waals surface area contributed by atoms with Crippen molar-refractivity contribution in [2.45, 2.75) is 71.8 Å². The van der Waals surface area contributed by atoms with Gasteiger partial charge in [-0.15, -0.1) is 0 Å². The van der Waals surface area contributed by atoms with Gasteiger partial charge in [0.2, 0.25) is 0 Å². The summed E-state index contributed by atoms with van der Waals surface area (Å²) >= 11 is 0. The molecular weight excluding hydrogens is 252 g/mol. The summed E-state index contributed by atoms with van der Waals surface area (Å²) in [6, 6.07) is 0. The molecule has 0 N–H and O–H groups in total. The van der Waals surface area contributed by atoms with Gasteiger partial charge in [-0.05, 0) is 25.8 Å². The zero-order chi connectivity index (χ0) is 15.2. The van der Waals surface area contributed by atoms with Gasteiger partial charge in [-0.25, -0.2) is 0 Å². The fourth-order valence-electron chi connectivity index (χ4n) is 1.86. The van der Waals surface area contributed by atoms with Crippen molar-refractivity contribution in [2.75, 3.05) is 0 Å². The first kappa shape index (κ1) is 18.6. The predicted octanol–water partition coefficient (Wildman–Crippen LogP) is 4.37. The number of Topliss-reactive ketones (excluding diaryl/α,β-unsaturated/α-hetero) is 1. The summed E-state index contributed by atoms with van der Waals surface area (Å²) in [5.41, 5.74) is 0. The van der Waals surface area contributed by atoms with Gasteiger partial charge in [-0.3, -0.25) is 9.59 Å². The maximum atomic E-state index is 11.0. The van der Waals surface area contributed by atoms with Gasteiger partial charge in [0.1, 0.15) is 11.9 Å². The normalized spacial score (nSPS) is 12.9. The van der Waals surface area contributed by atoms with E-state index in [1.165, 1.54) is 32.6 Å². The molecular formula is C17H28O3. The molecule has 0 amide bonds. The van der Waals surface area contributed by atoms with Crippen molar-refractivity contribution in [1.29, 1.82) is 0 Å². The molecule has 3 nitrogen and oxygen atoms in total. The van der Waals surface area contributed by atoms with Gasteiger partial charge in [0.15, 0.2) is 0 Å². The minimum atomic E-state index is -0.249. The van der Waals surface area contributed by atoms with Crippen LogP contribution in [0.4, 0.5) is 0 Å². The van der Waals surface area contributed by atoms with E-state index in [2.05, 4.69) is 6.92 Å². The van der Waals surface area contributed by atoms with E-state index >= 15 is 0 Å². The van der Waals surface area contributed by atoms with Gasteiger partial charge >= 0.3 is 5.97 Å². The van der Waals surface area contributed by atoms with Crippen LogP contribution in [0.3, 0.4) is 0 Å². The Balaban J connectivity index is 4.06. The van der Waals surface area contributed by atoms with Crippen LogP contribution in [0.1, 0.15) is 65.7 Å². The van der Waals surface area contributed by atoms with Crippen LogP contribution in [0.25, 0.3) is 0 Å². The van der Waals surface area contributed by atoms with E-state index in [4.69, 9.17) is 4.74 Å². The molecule has 0 aliphatic heterocycles. The van der Waals surface area contributed by atoms with Gasteiger partial charge in [-0.1, -0.05) is 50.8 Å². The molecule has 3 heteroatoms. The summed E-state index contributed by atoms with van der Waals surface area (Å²) in [6.45, 7) is 5.19. The van der Waals surface area contributed by atoms with Crippen molar-refractivity contribution >= 4 is 11.8 Å². The fraction of sp³-hybridized carbons (Fsp3) is 0.647. The zero-order valence-electron chi connectivity index (χ0n) is 13.1. The Kier molecular flexibility index (Phi) is 11.8. The molecule has 1 atom stereocenters. The van der Waals surface area contributed by atoms with Crippen molar-refractivity contribution in [3.63, 3.8) is 0 Å². The highest BCUT2D eigenvalue weighted by Crippen LogP contribution is 2.11. The summed E-state index contributed by atoms with van der Waals surface area (Å²) in [4.78, 5) is 21.8. The highest BCUT2D eigenvalue weighted by atomic mass is 16.5. The first-order chi connectivity index (χ1) is 9.56. The van der Waals surface area contributed by atoms with Crippen molar-refractivity contribution in [2.24, 2.45) is 0 Å². The second kappa shape index (κ2) is 12.6. The average Bonchev–Trinajstić information content (AvgIpc) is 2.36. The maximum absolute atomic E-state index is 11.0. The minimum Gasteiger partial charge on any atom is -0.458 e. The molecule has 0 saturated carbocycles. The molecule has 0 bridgehead atoms. The molecule has 0 aromatic heterocycles. The maximum Gasteiger partial charge on any atom is 0.303 e. The van der Waals surface area contributed by atoms with Crippen LogP contribution in [0.5, 0.6) is 0 Å². The molecule has 20 heavy (non-hydrogen) atoms. The Labute approximate surface area is 123 Å². The van der Waals surface area contributed by atoms with Crippen LogP contribution in [0.2, 0.25) is 0 Å². The van der Waals surface area contributed by atoms with Crippen LogP contribution in [-0.2, 0) is 14.3 Å². The third kappa shape index (κ3) is 13.1. The number of ether oxygens (including phenoxy) is 1. The molecule has 0 aliphatic rings. The van der Waals surface area contributed by atoms with Crippen LogP contribution in [0.15, 0.2) is 24.3 Å². The van der Waals surface area contributed by atoms with E-state index in [-0.39, 0.29) is 17.9 Å². The Morgan fingerprint density at radius 2 is 1.75 bits per heavy atom. The number of rotatable bonds is 11. The Morgan fingerprint density at radius 3 is 2.35 bits per heavy atom. The molecule has 0 fully saturated rings. The van der Waals surface area contributed by atoms with Crippen LogP contribution in [0, 0.1) is 0 Å². The van der Waals surface area contributed by atoms with Crippen molar-refractivity contribution < 1.29 is 14.3 Å². The van der Waals surface area contributed by atoms with Crippen molar-refractivity contribution in [3.8, 4) is 0 Å². The van der Waals surface area contributed by atoms with E-state index in [0.29, 0.717) is 6.42 Å². The second-order valence-corrected chi connectivity index (χ2v) is 5.07. The standard InChI is InChI=1S/C17H28O3/c1-4-5-6-7-10-13-17(20-16(3)19)14-11-8-9-12-15(2)18/h8-9,11,14,17H,4-7,10,12-13H2,1-3H3/b9-8+,14-11+. The van der Waals surface area contributed by atoms with Gasteiger partial charge in [0.05, 0.1) is 0 Å². The lowest BCUT2D eigenvalue weighted by Gasteiger charge is -2.12. The molecule has 0 saturated heterocycles. The molecule has 0 rings (SSSR count). The second-order valence-electron chi connectivity index (χ2n) is 5.07. The lowest BCUT2D eigenvalue weighted by molar-refractivity contribution is -0.144. The van der Waals surface area contributed by atoms with Crippen LogP contribution < -0.4 is 0 Å². The smallest absolute Gasteiger partial charge is 0.303 e. The van der Waals surface area contributed by atoms with Crippen LogP contribution in [-0.4, -0.2) is 17.9 Å². The average molecular weight is 280 g/mol. The number of carbonyl (C=O) groups is 2. The van der Waals surface area contributed by atoms with E-state index in [1.807, 2.05) is 24.3 Å². The molecule has 0 spiro atoms. The number of carbonyl (C=O) groups excluding carboxylic acids is 2. The minimum absolute atomic E-state index is 0.141. The molecule has 114 valence electrons. The summed E-state index contributed by atoms with van der Waals surface area (Å²) in [5, 5.41) is 0. The molecule has 0 aromatic carbocycles. The molecule has 0 aliphatic carbocycles. The van der Waals surface area contributed by atoms with E-state index in [9.17, 15) is 9.59 Å². The largest absolute Gasteiger partial charge is 0.458 e. The van der Waals surface area contributed by atoms with Gasteiger partial charge in [-0.2, -0.15) is 0 Å². The van der Waals surface area contributed by atoms with Gasteiger partial charge in [0, 0.05) is 13.3 Å². The van der Waals surface area contributed by atoms with E-state index < -0.39 is 0 Å². The quantitative estimate of drug-likeness (QED) is 0.320. The number of esters is 1. The summed E-state index contributed by atoms with van der Waals surface area (Å²) in [5.74, 6) is -0.108. The van der Waals surface area contributed by atoms with Crippen molar-refractivity contribution in [1.82, 2.24) is 0 Å². The first-order valence-electron chi connectivity index (χ1n) is 7.56. The van der Waals surface area contributed by atoms with E-state index in [1.54, 1.807) is 6.92 Å². The lowest BCUT2D eigenvalue weighted by atomic mass is 10.1. The van der Waals surface area contributed by atoms with Gasteiger partial charge < -0.3 is 4.74 Å². The number of allylic oxidation sites excluding steroid dienone is 3. The third-order valence-electron chi connectivity index (χ3n) is 2.89. The van der Waals surface area contributed by atoms with Gasteiger partial charge in [0.25, 0.3) is 0 Å². The lowest BCUT2D eigenvalue weighted by Crippen LogP contribution is -2.13. The predicted molar refractivity (Wildman–Crippen MR) is 82.5 cm³/mol. The number of hydrogen-bond acceptors (Lipinski definition) is 3. The molecule has 1 unspecified atom stereocenters. The molecule has 0 heterocycles. The van der Waals surface area contributed by atoms with E-state index in [0.717, 1.165) is 12.8 Å². The summed E-state index contributed by atoms with van der Waals surface area (Å²) in [6.07, 6.45) is 14.5. The number of hydrogen-bond donors (Lipinski definition) is 0. The molecule has 0 radical (unpaired) electrons. The third-order valence-corrected chi connectivity index (χ3v) is 2.89. The summed E-state index contributed by atoms with van der Waals surface area (Å²) in [7, 11) is 0. The SMILES string of the molecule is CCCCCCCC(/C=C/C=C/CC(C)=O)OC(C)=O.